The van der Waals surface area contributed by atoms with Gasteiger partial charge in [0.25, 0.3) is 0 Å². The predicted octanol–water partition coefficient (Wildman–Crippen LogP) is 2.70. The quantitative estimate of drug-likeness (QED) is 0.763. The third-order valence-corrected chi connectivity index (χ3v) is 5.83. The van der Waals surface area contributed by atoms with Crippen LogP contribution in [-0.4, -0.2) is 34.9 Å². The van der Waals surface area contributed by atoms with Gasteiger partial charge in [-0.3, -0.25) is 9.59 Å². The lowest BCUT2D eigenvalue weighted by molar-refractivity contribution is -0.129. The largest absolute Gasteiger partial charge is 0.469 e. The number of aryl methyl sites for hydroxylation is 1. The van der Waals surface area contributed by atoms with Crippen molar-refractivity contribution in [2.75, 3.05) is 5.75 Å². The van der Waals surface area contributed by atoms with E-state index in [4.69, 9.17) is 4.42 Å². The Bertz CT molecular complexity index is 764. The van der Waals surface area contributed by atoms with Gasteiger partial charge in [-0.05, 0) is 49.6 Å². The van der Waals surface area contributed by atoms with Gasteiger partial charge in [-0.15, -0.1) is 11.8 Å². The molecule has 5 nitrogen and oxygen atoms in total. The minimum Gasteiger partial charge on any atom is -0.469 e. The van der Waals surface area contributed by atoms with Crippen LogP contribution in [0.1, 0.15) is 24.7 Å². The SMILES string of the molecule is C[C@H](CCc1ccco1)NC(=O)[C@H]1CS[C@@H](Cc2ccc(F)cc2)C(=O)N1. The number of hydrogen-bond donors (Lipinski definition) is 2. The molecule has 1 aliphatic rings. The third-order valence-electron chi connectivity index (χ3n) is 4.52. The second-order valence-electron chi connectivity index (χ2n) is 6.74. The molecule has 2 N–H and O–H groups in total. The molecule has 3 atom stereocenters. The molecule has 7 heteroatoms. The number of amides is 2. The first kappa shape index (κ1) is 19.5. The van der Waals surface area contributed by atoms with Crippen molar-refractivity contribution in [2.45, 2.75) is 43.5 Å². The van der Waals surface area contributed by atoms with Gasteiger partial charge in [0.1, 0.15) is 17.6 Å². The molecule has 1 aromatic carbocycles. The highest BCUT2D eigenvalue weighted by Crippen LogP contribution is 2.22. The minimum absolute atomic E-state index is 0.0126. The molecular formula is C20H23FN2O3S. The van der Waals surface area contributed by atoms with Gasteiger partial charge in [0.2, 0.25) is 11.8 Å². The van der Waals surface area contributed by atoms with Gasteiger partial charge < -0.3 is 15.1 Å². The van der Waals surface area contributed by atoms with Crippen LogP contribution in [0.15, 0.2) is 47.1 Å². The van der Waals surface area contributed by atoms with E-state index in [1.807, 2.05) is 19.1 Å². The number of benzene rings is 1. The van der Waals surface area contributed by atoms with Gasteiger partial charge in [0.05, 0.1) is 11.5 Å². The fourth-order valence-corrected chi connectivity index (χ4v) is 4.14. The smallest absolute Gasteiger partial charge is 0.243 e. The highest BCUT2D eigenvalue weighted by atomic mass is 32.2. The van der Waals surface area contributed by atoms with Crippen molar-refractivity contribution in [1.82, 2.24) is 10.6 Å². The van der Waals surface area contributed by atoms with Gasteiger partial charge in [-0.1, -0.05) is 12.1 Å². The van der Waals surface area contributed by atoms with Crippen molar-refractivity contribution >= 4 is 23.6 Å². The third kappa shape index (κ3) is 5.60. The lowest BCUT2D eigenvalue weighted by Crippen LogP contribution is -2.55. The van der Waals surface area contributed by atoms with Gasteiger partial charge in [-0.2, -0.15) is 0 Å². The van der Waals surface area contributed by atoms with E-state index in [1.165, 1.54) is 23.9 Å². The van der Waals surface area contributed by atoms with E-state index in [0.717, 1.165) is 24.2 Å². The summed E-state index contributed by atoms with van der Waals surface area (Å²) in [6.45, 7) is 1.94. The number of nitrogens with one attached hydrogen (secondary N) is 2. The van der Waals surface area contributed by atoms with E-state index < -0.39 is 6.04 Å². The van der Waals surface area contributed by atoms with E-state index in [9.17, 15) is 14.0 Å². The first-order valence-corrected chi connectivity index (χ1v) is 10.1. The average Bonchev–Trinajstić information content (AvgIpc) is 3.17. The van der Waals surface area contributed by atoms with Crippen LogP contribution in [0.3, 0.4) is 0 Å². The summed E-state index contributed by atoms with van der Waals surface area (Å²) in [5, 5.41) is 5.49. The summed E-state index contributed by atoms with van der Waals surface area (Å²) < 4.78 is 18.3. The Hall–Kier alpha value is -2.28. The second kappa shape index (κ2) is 9.08. The Balaban J connectivity index is 1.44. The molecule has 0 saturated carbocycles. The number of carbonyl (C=O) groups is 2. The van der Waals surface area contributed by atoms with Crippen LogP contribution in [-0.2, 0) is 22.4 Å². The fourth-order valence-electron chi connectivity index (χ4n) is 2.95. The Labute approximate surface area is 162 Å². The molecule has 0 bridgehead atoms. The number of thioether (sulfide) groups is 1. The standard InChI is InChI=1S/C20H23FN2O3S/c1-13(4-9-16-3-2-10-26-16)22-19(24)17-12-27-18(20(25)23-17)11-14-5-7-15(21)8-6-14/h2-3,5-8,10,13,17-18H,4,9,11-12H2,1H3,(H,22,24)(H,23,25)/t13-,17-,18+/m1/s1. The van der Waals surface area contributed by atoms with Gasteiger partial charge >= 0.3 is 0 Å². The summed E-state index contributed by atoms with van der Waals surface area (Å²) >= 11 is 1.46. The van der Waals surface area contributed by atoms with E-state index in [2.05, 4.69) is 10.6 Å². The molecule has 0 unspecified atom stereocenters. The van der Waals surface area contributed by atoms with Crippen LogP contribution in [0.5, 0.6) is 0 Å². The normalized spacial score (nSPS) is 20.7. The molecule has 0 spiro atoms. The zero-order valence-corrected chi connectivity index (χ0v) is 15.9. The molecule has 1 fully saturated rings. The molecule has 3 rings (SSSR count). The molecule has 144 valence electrons. The van der Waals surface area contributed by atoms with E-state index in [-0.39, 0.29) is 28.9 Å². The van der Waals surface area contributed by atoms with Crippen LogP contribution < -0.4 is 10.6 Å². The number of halogens is 1. The fraction of sp³-hybridized carbons (Fsp3) is 0.400. The average molecular weight is 390 g/mol. The Kier molecular flexibility index (Phi) is 6.55. The molecule has 1 aromatic heterocycles. The predicted molar refractivity (Wildman–Crippen MR) is 103 cm³/mol. The maximum absolute atomic E-state index is 13.0. The van der Waals surface area contributed by atoms with E-state index >= 15 is 0 Å². The summed E-state index contributed by atoms with van der Waals surface area (Å²) in [6.07, 6.45) is 3.67. The van der Waals surface area contributed by atoms with Crippen LogP contribution in [0, 0.1) is 5.82 Å². The lowest BCUT2D eigenvalue weighted by atomic mass is 10.1. The summed E-state index contributed by atoms with van der Waals surface area (Å²) in [5.41, 5.74) is 0.901. The van der Waals surface area contributed by atoms with Crippen LogP contribution in [0.2, 0.25) is 0 Å². The highest BCUT2D eigenvalue weighted by Gasteiger charge is 2.32. The number of hydrogen-bond acceptors (Lipinski definition) is 4. The van der Waals surface area contributed by atoms with E-state index in [1.54, 1.807) is 18.4 Å². The van der Waals surface area contributed by atoms with Crippen LogP contribution in [0.25, 0.3) is 0 Å². The summed E-state index contributed by atoms with van der Waals surface area (Å²) in [5.74, 6) is 0.801. The molecule has 0 radical (unpaired) electrons. The minimum atomic E-state index is -0.530. The second-order valence-corrected chi connectivity index (χ2v) is 7.98. The van der Waals surface area contributed by atoms with Crippen LogP contribution in [0.4, 0.5) is 4.39 Å². The Morgan fingerprint density at radius 2 is 2.15 bits per heavy atom. The molecule has 2 heterocycles. The molecule has 0 aliphatic carbocycles. The molecule has 1 aliphatic heterocycles. The zero-order valence-electron chi connectivity index (χ0n) is 15.1. The summed E-state index contributed by atoms with van der Waals surface area (Å²) in [6, 6.07) is 9.36. The molecular weight excluding hydrogens is 367 g/mol. The van der Waals surface area contributed by atoms with Gasteiger partial charge in [-0.25, -0.2) is 4.39 Å². The van der Waals surface area contributed by atoms with Gasteiger partial charge in [0, 0.05) is 18.2 Å². The van der Waals surface area contributed by atoms with Crippen molar-refractivity contribution in [1.29, 1.82) is 0 Å². The first-order valence-electron chi connectivity index (χ1n) is 9.00. The molecule has 27 heavy (non-hydrogen) atoms. The van der Waals surface area contributed by atoms with Crippen molar-refractivity contribution in [3.8, 4) is 0 Å². The number of furan rings is 1. The number of rotatable bonds is 7. The summed E-state index contributed by atoms with van der Waals surface area (Å²) in [7, 11) is 0. The lowest BCUT2D eigenvalue weighted by Gasteiger charge is -2.29. The van der Waals surface area contributed by atoms with Crippen molar-refractivity contribution in [3.63, 3.8) is 0 Å². The van der Waals surface area contributed by atoms with Crippen LogP contribution >= 0.6 is 11.8 Å². The van der Waals surface area contributed by atoms with Crippen molar-refractivity contribution in [2.24, 2.45) is 0 Å². The van der Waals surface area contributed by atoms with Gasteiger partial charge in [0.15, 0.2) is 0 Å². The molecule has 1 saturated heterocycles. The van der Waals surface area contributed by atoms with Crippen molar-refractivity contribution < 1.29 is 18.4 Å². The molecule has 2 aromatic rings. The Morgan fingerprint density at radius 3 is 2.81 bits per heavy atom. The summed E-state index contributed by atoms with van der Waals surface area (Å²) in [4.78, 5) is 24.8. The van der Waals surface area contributed by atoms with E-state index in [0.29, 0.717) is 12.2 Å². The molecule has 2 amide bonds. The zero-order chi connectivity index (χ0) is 19.2. The monoisotopic (exact) mass is 390 g/mol. The first-order chi connectivity index (χ1) is 13.0. The topological polar surface area (TPSA) is 71.3 Å². The highest BCUT2D eigenvalue weighted by molar-refractivity contribution is 8.00. The maximum atomic E-state index is 13.0. The number of carbonyl (C=O) groups excluding carboxylic acids is 2. The van der Waals surface area contributed by atoms with Crippen molar-refractivity contribution in [3.05, 3.63) is 59.8 Å². The maximum Gasteiger partial charge on any atom is 0.243 e. The Morgan fingerprint density at radius 1 is 1.37 bits per heavy atom.